The van der Waals surface area contributed by atoms with Crippen molar-refractivity contribution >= 4 is 12.2 Å². The second kappa shape index (κ2) is 8.68. The molecule has 29 heavy (non-hydrogen) atoms. The molecule has 7 N–H and O–H groups in total. The molecule has 0 saturated carbocycles. The van der Waals surface area contributed by atoms with Crippen LogP contribution in [0.15, 0.2) is 36.4 Å². The van der Waals surface area contributed by atoms with Crippen molar-refractivity contribution in [2.24, 2.45) is 0 Å². The van der Waals surface area contributed by atoms with Crippen LogP contribution in [0, 0.1) is 0 Å². The van der Waals surface area contributed by atoms with E-state index in [1.54, 1.807) is 18.2 Å². The summed E-state index contributed by atoms with van der Waals surface area (Å²) in [6, 6.07) is 8.67. The topological polar surface area (TPSA) is 160 Å². The van der Waals surface area contributed by atoms with Crippen LogP contribution in [0.3, 0.4) is 0 Å². The molecule has 5 atom stereocenters. The molecule has 9 heteroatoms. The van der Waals surface area contributed by atoms with E-state index in [1.165, 1.54) is 30.3 Å². The molecule has 0 bridgehead atoms. The standard InChI is InChI=1S/C20H22O9/c21-12-5-11(6-13(22)8-12)2-1-10-3-4-15(14(23)7-10)28-9-16-17(24)18(25)19(26)20(27)29-16/h1-8,16-27H,9H2/b2-1+/t16-,17-,18+,19-,20-/m1/s1. The molecule has 1 heterocycles. The molecule has 2 aromatic carbocycles. The molecule has 0 radical (unpaired) electrons. The molecule has 1 saturated heterocycles. The Morgan fingerprint density at radius 3 is 2.10 bits per heavy atom. The van der Waals surface area contributed by atoms with Crippen molar-refractivity contribution < 1.29 is 45.2 Å². The summed E-state index contributed by atoms with van der Waals surface area (Å²) in [4.78, 5) is 0. The van der Waals surface area contributed by atoms with E-state index in [0.717, 1.165) is 0 Å². The lowest BCUT2D eigenvalue weighted by atomic mass is 9.99. The number of benzene rings is 2. The lowest BCUT2D eigenvalue weighted by molar-refractivity contribution is -0.285. The van der Waals surface area contributed by atoms with Gasteiger partial charge in [-0.2, -0.15) is 0 Å². The van der Waals surface area contributed by atoms with Gasteiger partial charge in [0.05, 0.1) is 0 Å². The molecule has 1 fully saturated rings. The van der Waals surface area contributed by atoms with Gasteiger partial charge in [-0.15, -0.1) is 0 Å². The Balaban J connectivity index is 1.64. The van der Waals surface area contributed by atoms with Crippen molar-refractivity contribution in [2.75, 3.05) is 6.61 Å². The van der Waals surface area contributed by atoms with Crippen molar-refractivity contribution in [3.8, 4) is 23.0 Å². The largest absolute Gasteiger partial charge is 0.508 e. The van der Waals surface area contributed by atoms with E-state index < -0.39 is 30.7 Å². The van der Waals surface area contributed by atoms with Gasteiger partial charge in [0.25, 0.3) is 0 Å². The summed E-state index contributed by atoms with van der Waals surface area (Å²) >= 11 is 0. The fourth-order valence-corrected chi connectivity index (χ4v) is 2.91. The zero-order chi connectivity index (χ0) is 21.1. The number of hydrogen-bond donors (Lipinski definition) is 7. The summed E-state index contributed by atoms with van der Waals surface area (Å²) in [5.41, 5.74) is 1.17. The Bertz CT molecular complexity index is 862. The van der Waals surface area contributed by atoms with Gasteiger partial charge < -0.3 is 45.2 Å². The summed E-state index contributed by atoms with van der Waals surface area (Å²) in [5, 5.41) is 67.7. The number of phenols is 3. The van der Waals surface area contributed by atoms with E-state index in [0.29, 0.717) is 11.1 Å². The van der Waals surface area contributed by atoms with Crippen LogP contribution in [-0.4, -0.2) is 73.1 Å². The quantitative estimate of drug-likeness (QED) is 0.343. The van der Waals surface area contributed by atoms with Gasteiger partial charge >= 0.3 is 0 Å². The van der Waals surface area contributed by atoms with Crippen LogP contribution in [-0.2, 0) is 4.74 Å². The molecule has 2 aromatic rings. The fraction of sp³-hybridized carbons (Fsp3) is 0.300. The van der Waals surface area contributed by atoms with E-state index in [4.69, 9.17) is 9.47 Å². The summed E-state index contributed by atoms with van der Waals surface area (Å²) in [6.45, 7) is -0.284. The number of aliphatic hydroxyl groups is 4. The van der Waals surface area contributed by atoms with Gasteiger partial charge in [0.1, 0.15) is 42.5 Å². The van der Waals surface area contributed by atoms with Crippen molar-refractivity contribution in [1.82, 2.24) is 0 Å². The number of phenolic OH excluding ortho intramolecular Hbond substituents is 3. The zero-order valence-corrected chi connectivity index (χ0v) is 15.2. The predicted octanol–water partition coefficient (Wildman–Crippen LogP) is 0.152. The Kier molecular flexibility index (Phi) is 6.26. The van der Waals surface area contributed by atoms with E-state index in [2.05, 4.69) is 0 Å². The van der Waals surface area contributed by atoms with Crippen LogP contribution in [0.1, 0.15) is 11.1 Å². The molecule has 9 nitrogen and oxygen atoms in total. The molecule has 0 unspecified atom stereocenters. The fourth-order valence-electron chi connectivity index (χ4n) is 2.91. The van der Waals surface area contributed by atoms with Gasteiger partial charge in [-0.3, -0.25) is 0 Å². The maximum Gasteiger partial charge on any atom is 0.184 e. The van der Waals surface area contributed by atoms with E-state index in [9.17, 15) is 35.7 Å². The van der Waals surface area contributed by atoms with Crippen molar-refractivity contribution in [1.29, 1.82) is 0 Å². The van der Waals surface area contributed by atoms with E-state index >= 15 is 0 Å². The van der Waals surface area contributed by atoms with Crippen LogP contribution in [0.4, 0.5) is 0 Å². The van der Waals surface area contributed by atoms with Crippen molar-refractivity contribution in [3.05, 3.63) is 47.5 Å². The van der Waals surface area contributed by atoms with Gasteiger partial charge in [-0.25, -0.2) is 0 Å². The van der Waals surface area contributed by atoms with Gasteiger partial charge in [-0.1, -0.05) is 18.2 Å². The predicted molar refractivity (Wildman–Crippen MR) is 101 cm³/mol. The summed E-state index contributed by atoms with van der Waals surface area (Å²) < 4.78 is 10.4. The van der Waals surface area contributed by atoms with E-state index in [1.807, 2.05) is 0 Å². The average Bonchev–Trinajstić information content (AvgIpc) is 2.67. The smallest absolute Gasteiger partial charge is 0.184 e. The molecule has 0 amide bonds. The van der Waals surface area contributed by atoms with Crippen LogP contribution >= 0.6 is 0 Å². The van der Waals surface area contributed by atoms with Crippen molar-refractivity contribution in [3.63, 3.8) is 0 Å². The molecule has 1 aliphatic heterocycles. The lowest BCUT2D eigenvalue weighted by Gasteiger charge is -2.38. The maximum atomic E-state index is 10.1. The average molecular weight is 406 g/mol. The minimum atomic E-state index is -1.67. The molecule has 0 spiro atoms. The lowest BCUT2D eigenvalue weighted by Crippen LogP contribution is -2.58. The SMILES string of the molecule is Oc1cc(O)cc(/C=C/c2ccc(OC[C@H]3O[C@@H](O)[C@H](O)[C@@H](O)[C@@H]3O)c(O)c2)c1. The number of hydrogen-bond acceptors (Lipinski definition) is 9. The Morgan fingerprint density at radius 1 is 0.793 bits per heavy atom. The number of ether oxygens (including phenoxy) is 2. The molecular weight excluding hydrogens is 384 g/mol. The number of aromatic hydroxyl groups is 3. The molecular formula is C20H22O9. The molecule has 0 aromatic heterocycles. The number of aliphatic hydroxyl groups excluding tert-OH is 4. The monoisotopic (exact) mass is 406 g/mol. The summed E-state index contributed by atoms with van der Waals surface area (Å²) in [6.07, 6.45) is -4.19. The van der Waals surface area contributed by atoms with Crippen LogP contribution in [0.25, 0.3) is 12.2 Å². The molecule has 0 aliphatic carbocycles. The van der Waals surface area contributed by atoms with Crippen LogP contribution in [0.5, 0.6) is 23.0 Å². The van der Waals surface area contributed by atoms with Gasteiger partial charge in [0.15, 0.2) is 17.8 Å². The third kappa shape index (κ3) is 4.97. The first-order chi connectivity index (χ1) is 13.7. The molecule has 1 aliphatic rings. The first-order valence-corrected chi connectivity index (χ1v) is 8.79. The van der Waals surface area contributed by atoms with Crippen LogP contribution < -0.4 is 4.74 Å². The third-order valence-corrected chi connectivity index (χ3v) is 4.47. The highest BCUT2D eigenvalue weighted by Crippen LogP contribution is 2.29. The maximum absolute atomic E-state index is 10.1. The van der Waals surface area contributed by atoms with Gasteiger partial charge in [-0.05, 0) is 35.4 Å². The van der Waals surface area contributed by atoms with Crippen molar-refractivity contribution in [2.45, 2.75) is 30.7 Å². The minimum Gasteiger partial charge on any atom is -0.508 e. The van der Waals surface area contributed by atoms with E-state index in [-0.39, 0.29) is 29.6 Å². The Hall–Kier alpha value is -2.82. The first-order valence-electron chi connectivity index (χ1n) is 8.79. The summed E-state index contributed by atoms with van der Waals surface area (Å²) in [7, 11) is 0. The minimum absolute atomic E-state index is 0.0777. The molecule has 156 valence electrons. The van der Waals surface area contributed by atoms with Gasteiger partial charge in [0, 0.05) is 6.07 Å². The highest BCUT2D eigenvalue weighted by molar-refractivity contribution is 5.72. The Labute approximate surface area is 165 Å². The number of rotatable bonds is 5. The second-order valence-corrected chi connectivity index (χ2v) is 6.69. The zero-order valence-electron chi connectivity index (χ0n) is 15.2. The van der Waals surface area contributed by atoms with Crippen LogP contribution in [0.2, 0.25) is 0 Å². The normalized spacial score (nSPS) is 27.2. The van der Waals surface area contributed by atoms with Gasteiger partial charge in [0.2, 0.25) is 0 Å². The highest BCUT2D eigenvalue weighted by Gasteiger charge is 2.43. The second-order valence-electron chi connectivity index (χ2n) is 6.69. The highest BCUT2D eigenvalue weighted by atomic mass is 16.6. The first kappa shape index (κ1) is 20.9. The molecule has 3 rings (SSSR count). The summed E-state index contributed by atoms with van der Waals surface area (Å²) in [5.74, 6) is -0.266. The third-order valence-electron chi connectivity index (χ3n) is 4.47. The Morgan fingerprint density at radius 2 is 1.45 bits per heavy atom.